The molecule has 0 spiro atoms. The highest BCUT2D eigenvalue weighted by Gasteiger charge is 2.27. The largest absolute Gasteiger partial charge is 0.478 e. The van der Waals surface area contributed by atoms with E-state index in [9.17, 15) is 9.59 Å². The molecule has 0 saturated heterocycles. The summed E-state index contributed by atoms with van der Waals surface area (Å²) in [5, 5.41) is 8.68. The minimum atomic E-state index is -1.04. The van der Waals surface area contributed by atoms with Gasteiger partial charge in [0.1, 0.15) is 0 Å². The molecule has 1 N–H and O–H groups in total. The fourth-order valence-electron chi connectivity index (χ4n) is 2.03. The SMILES string of the molecule is CCN(CC1CC1)C(=O)c1ccncc1C=CC(=O)O. The van der Waals surface area contributed by atoms with Crippen LogP contribution in [0.2, 0.25) is 0 Å². The maximum Gasteiger partial charge on any atom is 0.328 e. The Balaban J connectivity index is 2.21. The summed E-state index contributed by atoms with van der Waals surface area (Å²) >= 11 is 0. The van der Waals surface area contributed by atoms with E-state index in [2.05, 4.69) is 4.98 Å². The van der Waals surface area contributed by atoms with Gasteiger partial charge in [-0.05, 0) is 37.8 Å². The van der Waals surface area contributed by atoms with E-state index < -0.39 is 5.97 Å². The second-order valence-corrected chi connectivity index (χ2v) is 4.92. The monoisotopic (exact) mass is 274 g/mol. The Labute approximate surface area is 117 Å². The number of carbonyl (C=O) groups excluding carboxylic acids is 1. The first-order valence-electron chi connectivity index (χ1n) is 6.76. The number of carboxylic acids is 1. The molecular formula is C15H18N2O3. The van der Waals surface area contributed by atoms with E-state index in [1.165, 1.54) is 25.1 Å². The molecule has 0 aliphatic heterocycles. The molecule has 20 heavy (non-hydrogen) atoms. The quantitative estimate of drug-likeness (QED) is 0.806. The van der Waals surface area contributed by atoms with Crippen molar-refractivity contribution in [2.75, 3.05) is 13.1 Å². The van der Waals surface area contributed by atoms with Crippen LogP contribution in [0.3, 0.4) is 0 Å². The predicted octanol–water partition coefficient (Wildman–Crippen LogP) is 2.05. The van der Waals surface area contributed by atoms with Gasteiger partial charge in [-0.1, -0.05) is 0 Å². The molecule has 0 bridgehead atoms. The molecule has 1 amide bonds. The van der Waals surface area contributed by atoms with Crippen molar-refractivity contribution in [3.8, 4) is 0 Å². The van der Waals surface area contributed by atoms with Crippen molar-refractivity contribution in [3.63, 3.8) is 0 Å². The van der Waals surface area contributed by atoms with Crippen molar-refractivity contribution in [1.29, 1.82) is 0 Å². The van der Waals surface area contributed by atoms with Crippen LogP contribution in [-0.2, 0) is 4.79 Å². The number of hydrogen-bond donors (Lipinski definition) is 1. The fraction of sp³-hybridized carbons (Fsp3) is 0.400. The molecule has 5 heteroatoms. The number of aromatic nitrogens is 1. The zero-order chi connectivity index (χ0) is 14.5. The van der Waals surface area contributed by atoms with Crippen LogP contribution in [0.1, 0.15) is 35.7 Å². The molecule has 1 aromatic rings. The van der Waals surface area contributed by atoms with E-state index in [0.717, 1.165) is 12.6 Å². The third-order valence-electron chi connectivity index (χ3n) is 3.33. The van der Waals surface area contributed by atoms with E-state index in [1.807, 2.05) is 11.8 Å². The Morgan fingerprint density at radius 1 is 1.50 bits per heavy atom. The Kier molecular flexibility index (Phi) is 4.50. The Morgan fingerprint density at radius 2 is 2.25 bits per heavy atom. The highest BCUT2D eigenvalue weighted by atomic mass is 16.4. The Morgan fingerprint density at radius 3 is 2.85 bits per heavy atom. The highest BCUT2D eigenvalue weighted by molar-refractivity contribution is 5.98. The summed E-state index contributed by atoms with van der Waals surface area (Å²) in [7, 11) is 0. The highest BCUT2D eigenvalue weighted by Crippen LogP contribution is 2.30. The van der Waals surface area contributed by atoms with Crippen LogP contribution in [0.15, 0.2) is 24.5 Å². The number of carbonyl (C=O) groups is 2. The summed E-state index contributed by atoms with van der Waals surface area (Å²) < 4.78 is 0. The maximum atomic E-state index is 12.5. The first kappa shape index (κ1) is 14.2. The summed E-state index contributed by atoms with van der Waals surface area (Å²) in [6.07, 6.45) is 7.87. The molecule has 2 rings (SSSR count). The Hall–Kier alpha value is -2.17. The van der Waals surface area contributed by atoms with E-state index in [4.69, 9.17) is 5.11 Å². The van der Waals surface area contributed by atoms with Gasteiger partial charge in [0.25, 0.3) is 5.91 Å². The van der Waals surface area contributed by atoms with Crippen LogP contribution in [0.4, 0.5) is 0 Å². The minimum Gasteiger partial charge on any atom is -0.478 e. The van der Waals surface area contributed by atoms with Gasteiger partial charge in [0.2, 0.25) is 0 Å². The van der Waals surface area contributed by atoms with Crippen LogP contribution in [0, 0.1) is 5.92 Å². The van der Waals surface area contributed by atoms with Gasteiger partial charge in [-0.15, -0.1) is 0 Å². The molecule has 5 nitrogen and oxygen atoms in total. The van der Waals surface area contributed by atoms with Crippen molar-refractivity contribution < 1.29 is 14.7 Å². The topological polar surface area (TPSA) is 70.5 Å². The molecule has 1 aromatic heterocycles. The molecular weight excluding hydrogens is 256 g/mol. The average Bonchev–Trinajstić information content (AvgIpc) is 3.26. The summed E-state index contributed by atoms with van der Waals surface area (Å²) in [6, 6.07) is 1.64. The van der Waals surface area contributed by atoms with Crippen LogP contribution >= 0.6 is 0 Å². The zero-order valence-electron chi connectivity index (χ0n) is 11.5. The van der Waals surface area contributed by atoms with Crippen LogP contribution in [0.5, 0.6) is 0 Å². The van der Waals surface area contributed by atoms with Gasteiger partial charge in [0, 0.05) is 42.7 Å². The lowest BCUT2D eigenvalue weighted by Crippen LogP contribution is -2.33. The molecule has 0 atom stereocenters. The minimum absolute atomic E-state index is 0.0631. The molecule has 1 fully saturated rings. The summed E-state index contributed by atoms with van der Waals surface area (Å²) in [5.41, 5.74) is 1.04. The number of aliphatic carboxylic acids is 1. The molecule has 0 aromatic carbocycles. The van der Waals surface area contributed by atoms with Crippen molar-refractivity contribution in [3.05, 3.63) is 35.7 Å². The summed E-state index contributed by atoms with van der Waals surface area (Å²) in [5.74, 6) is -0.483. The molecule has 106 valence electrons. The van der Waals surface area contributed by atoms with Crippen LogP contribution < -0.4 is 0 Å². The van der Waals surface area contributed by atoms with Gasteiger partial charge in [-0.2, -0.15) is 0 Å². The van der Waals surface area contributed by atoms with Crippen molar-refractivity contribution >= 4 is 18.0 Å². The first-order valence-corrected chi connectivity index (χ1v) is 6.76. The number of rotatable bonds is 6. The fourth-order valence-corrected chi connectivity index (χ4v) is 2.03. The lowest BCUT2D eigenvalue weighted by Gasteiger charge is -2.21. The van der Waals surface area contributed by atoms with Crippen molar-refractivity contribution in [1.82, 2.24) is 9.88 Å². The third-order valence-corrected chi connectivity index (χ3v) is 3.33. The van der Waals surface area contributed by atoms with E-state index in [-0.39, 0.29) is 5.91 Å². The molecule has 1 aliphatic rings. The molecule has 1 saturated carbocycles. The first-order chi connectivity index (χ1) is 9.61. The van der Waals surface area contributed by atoms with Gasteiger partial charge in [0.05, 0.1) is 0 Å². The maximum absolute atomic E-state index is 12.5. The van der Waals surface area contributed by atoms with Gasteiger partial charge in [0.15, 0.2) is 0 Å². The van der Waals surface area contributed by atoms with E-state index >= 15 is 0 Å². The second-order valence-electron chi connectivity index (χ2n) is 4.92. The lowest BCUT2D eigenvalue weighted by molar-refractivity contribution is -0.131. The summed E-state index contributed by atoms with van der Waals surface area (Å²) in [6.45, 7) is 3.38. The normalized spacial score (nSPS) is 14.4. The predicted molar refractivity (Wildman–Crippen MR) is 75.2 cm³/mol. The van der Waals surface area contributed by atoms with Gasteiger partial charge in [-0.3, -0.25) is 9.78 Å². The number of amides is 1. The summed E-state index contributed by atoms with van der Waals surface area (Å²) in [4.78, 5) is 28.9. The van der Waals surface area contributed by atoms with Crippen molar-refractivity contribution in [2.24, 2.45) is 5.92 Å². The molecule has 0 radical (unpaired) electrons. The second kappa shape index (κ2) is 6.32. The lowest BCUT2D eigenvalue weighted by atomic mass is 10.1. The standard InChI is InChI=1S/C15H18N2O3/c1-2-17(10-11-3-4-11)15(20)13-7-8-16-9-12(13)5-6-14(18)19/h5-9,11H,2-4,10H2,1H3,(H,18,19). The van der Waals surface area contributed by atoms with Crippen molar-refractivity contribution in [2.45, 2.75) is 19.8 Å². The number of nitrogens with zero attached hydrogens (tertiary/aromatic N) is 2. The number of pyridine rings is 1. The smallest absolute Gasteiger partial charge is 0.328 e. The number of hydrogen-bond acceptors (Lipinski definition) is 3. The number of carboxylic acid groups (broad SMARTS) is 1. The third kappa shape index (κ3) is 3.66. The van der Waals surface area contributed by atoms with Gasteiger partial charge in [-0.25, -0.2) is 4.79 Å². The van der Waals surface area contributed by atoms with Crippen LogP contribution in [0.25, 0.3) is 6.08 Å². The van der Waals surface area contributed by atoms with E-state index in [1.54, 1.807) is 12.3 Å². The molecule has 1 aliphatic carbocycles. The molecule has 1 heterocycles. The van der Waals surface area contributed by atoms with Gasteiger partial charge >= 0.3 is 5.97 Å². The Bertz CT molecular complexity index is 536. The van der Waals surface area contributed by atoms with Crippen LogP contribution in [-0.4, -0.2) is 40.0 Å². The molecule has 0 unspecified atom stereocenters. The zero-order valence-corrected chi connectivity index (χ0v) is 11.5. The van der Waals surface area contributed by atoms with E-state index in [0.29, 0.717) is 23.6 Å². The van der Waals surface area contributed by atoms with Gasteiger partial charge < -0.3 is 10.0 Å². The average molecular weight is 274 g/mol.